The van der Waals surface area contributed by atoms with Gasteiger partial charge in [0, 0.05) is 23.7 Å². The Morgan fingerprint density at radius 3 is 2.75 bits per heavy atom. The number of carboxylic acid groups (broad SMARTS) is 1. The second-order valence-corrected chi connectivity index (χ2v) is 6.00. The summed E-state index contributed by atoms with van der Waals surface area (Å²) in [6.07, 6.45) is 2.05. The number of rotatable bonds is 4. The molecule has 6 heteroatoms. The van der Waals surface area contributed by atoms with Crippen LogP contribution in [0.3, 0.4) is 0 Å². The van der Waals surface area contributed by atoms with Crippen molar-refractivity contribution in [2.75, 3.05) is 0 Å². The smallest absolute Gasteiger partial charge is 0.354 e. The lowest BCUT2D eigenvalue weighted by Gasteiger charge is -2.10. The van der Waals surface area contributed by atoms with Crippen molar-refractivity contribution in [1.29, 1.82) is 0 Å². The predicted molar refractivity (Wildman–Crippen MR) is 91.4 cm³/mol. The Morgan fingerprint density at radius 1 is 1.25 bits per heavy atom. The molecule has 3 rings (SSSR count). The van der Waals surface area contributed by atoms with E-state index in [9.17, 15) is 15.0 Å². The zero-order valence-electron chi connectivity index (χ0n) is 13.0. The SMILES string of the molecule is Cc1c(CO)cc(Cc2ccc3ncc(Cl)cc3c2)nc1C(=O)O. The molecule has 0 radical (unpaired) electrons. The van der Waals surface area contributed by atoms with Gasteiger partial charge in [-0.05, 0) is 47.9 Å². The lowest BCUT2D eigenvalue weighted by atomic mass is 10.0. The summed E-state index contributed by atoms with van der Waals surface area (Å²) in [6.45, 7) is 1.42. The fraction of sp³-hybridized carbons (Fsp3) is 0.167. The van der Waals surface area contributed by atoms with Crippen LogP contribution < -0.4 is 0 Å². The van der Waals surface area contributed by atoms with Crippen LogP contribution in [0.5, 0.6) is 0 Å². The standard InChI is InChI=1S/C18H15ClN2O3/c1-10-13(9-22)7-15(21-17(10)18(23)24)5-11-2-3-16-12(4-11)6-14(19)8-20-16/h2-4,6-8,22H,5,9H2,1H3,(H,23,24). The maximum atomic E-state index is 11.3. The molecule has 0 saturated carbocycles. The summed E-state index contributed by atoms with van der Waals surface area (Å²) in [5, 5.41) is 20.2. The van der Waals surface area contributed by atoms with Gasteiger partial charge >= 0.3 is 5.97 Å². The van der Waals surface area contributed by atoms with Gasteiger partial charge in [-0.25, -0.2) is 9.78 Å². The summed E-state index contributed by atoms with van der Waals surface area (Å²) in [5.74, 6) is -1.10. The Balaban J connectivity index is 2.01. The second kappa shape index (κ2) is 6.55. The van der Waals surface area contributed by atoms with Gasteiger partial charge in [0.15, 0.2) is 5.69 Å². The van der Waals surface area contributed by atoms with Crippen LogP contribution in [0.1, 0.15) is 32.9 Å². The quantitative estimate of drug-likeness (QED) is 0.759. The molecule has 1 aromatic carbocycles. The summed E-state index contributed by atoms with van der Waals surface area (Å²) >= 11 is 5.98. The number of fused-ring (bicyclic) bond motifs is 1. The molecule has 2 heterocycles. The minimum Gasteiger partial charge on any atom is -0.477 e. The van der Waals surface area contributed by atoms with Crippen LogP contribution in [0.15, 0.2) is 36.5 Å². The van der Waals surface area contributed by atoms with E-state index < -0.39 is 5.97 Å². The number of carbonyl (C=O) groups is 1. The van der Waals surface area contributed by atoms with Gasteiger partial charge < -0.3 is 10.2 Å². The van der Waals surface area contributed by atoms with Gasteiger partial charge in [-0.15, -0.1) is 0 Å². The molecule has 0 fully saturated rings. The van der Waals surface area contributed by atoms with Crippen LogP contribution in [0.4, 0.5) is 0 Å². The highest BCUT2D eigenvalue weighted by Crippen LogP contribution is 2.21. The third-order valence-corrected chi connectivity index (χ3v) is 4.11. The van der Waals surface area contributed by atoms with E-state index in [0.29, 0.717) is 28.3 Å². The Labute approximate surface area is 143 Å². The first-order chi connectivity index (χ1) is 11.5. The predicted octanol–water partition coefficient (Wildman–Crippen LogP) is 3.37. The molecule has 2 N–H and O–H groups in total. The topological polar surface area (TPSA) is 83.3 Å². The molecule has 2 aromatic heterocycles. The number of halogens is 1. The van der Waals surface area contributed by atoms with E-state index in [2.05, 4.69) is 9.97 Å². The van der Waals surface area contributed by atoms with Crippen LogP contribution in [-0.4, -0.2) is 26.2 Å². The van der Waals surface area contributed by atoms with E-state index in [0.717, 1.165) is 16.5 Å². The Hall–Kier alpha value is -2.50. The molecule has 0 saturated heterocycles. The number of hydrogen-bond donors (Lipinski definition) is 2. The summed E-state index contributed by atoms with van der Waals surface area (Å²) in [6, 6.07) is 9.33. The third-order valence-electron chi connectivity index (χ3n) is 3.90. The minimum absolute atomic E-state index is 0.0259. The van der Waals surface area contributed by atoms with Crippen molar-refractivity contribution in [2.45, 2.75) is 20.0 Å². The van der Waals surface area contributed by atoms with Gasteiger partial charge in [0.05, 0.1) is 17.1 Å². The van der Waals surface area contributed by atoms with E-state index >= 15 is 0 Å². The first-order valence-corrected chi connectivity index (χ1v) is 7.73. The van der Waals surface area contributed by atoms with E-state index in [1.807, 2.05) is 24.3 Å². The average molecular weight is 343 g/mol. The van der Waals surface area contributed by atoms with Crippen molar-refractivity contribution in [3.05, 3.63) is 69.6 Å². The fourth-order valence-corrected chi connectivity index (χ4v) is 2.82. The summed E-state index contributed by atoms with van der Waals surface area (Å²) in [4.78, 5) is 19.8. The maximum Gasteiger partial charge on any atom is 0.354 e. The zero-order chi connectivity index (χ0) is 17.3. The largest absolute Gasteiger partial charge is 0.477 e. The molecule has 0 amide bonds. The molecule has 5 nitrogen and oxygen atoms in total. The van der Waals surface area contributed by atoms with Crippen LogP contribution in [0, 0.1) is 6.92 Å². The molecule has 0 spiro atoms. The van der Waals surface area contributed by atoms with Crippen LogP contribution in [0.25, 0.3) is 10.9 Å². The highest BCUT2D eigenvalue weighted by Gasteiger charge is 2.14. The minimum atomic E-state index is -1.10. The summed E-state index contributed by atoms with van der Waals surface area (Å²) < 4.78 is 0. The van der Waals surface area contributed by atoms with Crippen molar-refractivity contribution < 1.29 is 15.0 Å². The van der Waals surface area contributed by atoms with Gasteiger partial charge in [-0.1, -0.05) is 17.7 Å². The lowest BCUT2D eigenvalue weighted by molar-refractivity contribution is 0.0689. The molecule has 3 aromatic rings. The Morgan fingerprint density at radius 2 is 2.04 bits per heavy atom. The molecule has 122 valence electrons. The van der Waals surface area contributed by atoms with Gasteiger partial charge in [0.1, 0.15) is 0 Å². The number of nitrogens with zero attached hydrogens (tertiary/aromatic N) is 2. The maximum absolute atomic E-state index is 11.3. The Kier molecular flexibility index (Phi) is 4.46. The van der Waals surface area contributed by atoms with Crippen molar-refractivity contribution in [3.63, 3.8) is 0 Å². The molecule has 0 aliphatic carbocycles. The van der Waals surface area contributed by atoms with Crippen LogP contribution in [-0.2, 0) is 13.0 Å². The normalized spacial score (nSPS) is 11.0. The van der Waals surface area contributed by atoms with Crippen molar-refractivity contribution in [1.82, 2.24) is 9.97 Å². The number of aliphatic hydroxyl groups excluding tert-OH is 1. The number of pyridine rings is 2. The number of carboxylic acids is 1. The Bertz CT molecular complexity index is 941. The molecule has 0 bridgehead atoms. The third kappa shape index (κ3) is 3.22. The highest BCUT2D eigenvalue weighted by atomic mass is 35.5. The molecular formula is C18H15ClN2O3. The van der Waals surface area contributed by atoms with E-state index in [1.54, 1.807) is 19.2 Å². The first kappa shape index (κ1) is 16.4. The van der Waals surface area contributed by atoms with Gasteiger partial charge in [-0.2, -0.15) is 0 Å². The highest BCUT2D eigenvalue weighted by molar-refractivity contribution is 6.31. The number of aromatic carboxylic acids is 1. The van der Waals surface area contributed by atoms with Crippen LogP contribution in [0.2, 0.25) is 5.02 Å². The number of hydrogen-bond acceptors (Lipinski definition) is 4. The molecule has 0 unspecified atom stereocenters. The van der Waals surface area contributed by atoms with Gasteiger partial charge in [0.2, 0.25) is 0 Å². The average Bonchev–Trinajstić information content (AvgIpc) is 2.55. The van der Waals surface area contributed by atoms with Gasteiger partial charge in [-0.3, -0.25) is 4.98 Å². The molecular weight excluding hydrogens is 328 g/mol. The van der Waals surface area contributed by atoms with Crippen molar-refractivity contribution >= 4 is 28.5 Å². The van der Waals surface area contributed by atoms with Crippen molar-refractivity contribution in [3.8, 4) is 0 Å². The van der Waals surface area contributed by atoms with E-state index in [4.69, 9.17) is 11.6 Å². The van der Waals surface area contributed by atoms with Gasteiger partial charge in [0.25, 0.3) is 0 Å². The molecule has 0 aliphatic rings. The fourth-order valence-electron chi connectivity index (χ4n) is 2.66. The number of aromatic nitrogens is 2. The lowest BCUT2D eigenvalue weighted by Crippen LogP contribution is -2.09. The summed E-state index contributed by atoms with van der Waals surface area (Å²) in [5.41, 5.74) is 3.43. The number of benzene rings is 1. The molecule has 0 atom stereocenters. The zero-order valence-corrected chi connectivity index (χ0v) is 13.7. The number of aliphatic hydroxyl groups is 1. The van der Waals surface area contributed by atoms with E-state index in [-0.39, 0.29) is 12.3 Å². The molecule has 0 aliphatic heterocycles. The second-order valence-electron chi connectivity index (χ2n) is 5.57. The monoisotopic (exact) mass is 342 g/mol. The van der Waals surface area contributed by atoms with Crippen molar-refractivity contribution in [2.24, 2.45) is 0 Å². The first-order valence-electron chi connectivity index (χ1n) is 7.35. The van der Waals surface area contributed by atoms with Crippen LogP contribution >= 0.6 is 11.6 Å². The van der Waals surface area contributed by atoms with E-state index in [1.165, 1.54) is 0 Å². The molecule has 24 heavy (non-hydrogen) atoms. The summed E-state index contributed by atoms with van der Waals surface area (Å²) in [7, 11) is 0.